The topological polar surface area (TPSA) is 36.7 Å². The zero-order chi connectivity index (χ0) is 11.9. The van der Waals surface area contributed by atoms with Crippen LogP contribution >= 0.6 is 11.3 Å². The molecule has 0 aromatic carbocycles. The largest absolute Gasteiger partial charge is 0.244 e. The van der Waals surface area contributed by atoms with E-state index < -0.39 is 0 Å². The van der Waals surface area contributed by atoms with Crippen LogP contribution in [0.5, 0.6) is 0 Å². The molecule has 2 aliphatic carbocycles. The molecule has 3 rings (SSSR count). The van der Waals surface area contributed by atoms with Crippen LogP contribution in [0, 0.1) is 18.3 Å². The van der Waals surface area contributed by atoms with Crippen molar-refractivity contribution in [3.63, 3.8) is 0 Å². The van der Waals surface area contributed by atoms with Crippen molar-refractivity contribution in [2.24, 2.45) is 0 Å². The normalized spacial score (nSPS) is 23.3. The summed E-state index contributed by atoms with van der Waals surface area (Å²) in [6.07, 6.45) is 8.70. The van der Waals surface area contributed by atoms with Gasteiger partial charge in [0.2, 0.25) is 0 Å². The molecule has 0 spiro atoms. The standard InChI is InChI=1S/C14H18N2S/c1-10-12(11-5-3-2-4-6-11)16-13(17-10)14(9-15)7-8-14/h11H,2-8H2,1H3. The van der Waals surface area contributed by atoms with Gasteiger partial charge < -0.3 is 0 Å². The van der Waals surface area contributed by atoms with Gasteiger partial charge in [0.05, 0.1) is 11.8 Å². The average Bonchev–Trinajstić information content (AvgIpc) is 3.08. The van der Waals surface area contributed by atoms with Crippen molar-refractivity contribution in [1.82, 2.24) is 4.98 Å². The molecule has 0 bridgehead atoms. The fourth-order valence-corrected chi connectivity index (χ4v) is 4.06. The fourth-order valence-electron chi connectivity index (χ4n) is 2.87. The molecule has 2 aliphatic rings. The van der Waals surface area contributed by atoms with E-state index >= 15 is 0 Å². The first kappa shape index (κ1) is 11.2. The van der Waals surface area contributed by atoms with Gasteiger partial charge in [0.25, 0.3) is 0 Å². The molecular formula is C14H18N2S. The lowest BCUT2D eigenvalue weighted by molar-refractivity contribution is 0.436. The van der Waals surface area contributed by atoms with Crippen LogP contribution in [-0.2, 0) is 5.41 Å². The molecule has 1 aromatic heterocycles. The third kappa shape index (κ3) is 1.89. The van der Waals surface area contributed by atoms with Gasteiger partial charge in [-0.05, 0) is 32.6 Å². The van der Waals surface area contributed by atoms with Crippen molar-refractivity contribution >= 4 is 11.3 Å². The molecule has 0 radical (unpaired) electrons. The van der Waals surface area contributed by atoms with E-state index in [1.54, 1.807) is 11.3 Å². The molecule has 0 saturated heterocycles. The quantitative estimate of drug-likeness (QED) is 0.789. The number of hydrogen-bond donors (Lipinski definition) is 0. The summed E-state index contributed by atoms with van der Waals surface area (Å²) >= 11 is 1.77. The summed E-state index contributed by atoms with van der Waals surface area (Å²) in [6, 6.07) is 2.46. The Morgan fingerprint density at radius 2 is 2.00 bits per heavy atom. The predicted octanol–water partition coefficient (Wildman–Crippen LogP) is 4.05. The first-order chi connectivity index (χ1) is 8.25. The Morgan fingerprint density at radius 3 is 2.59 bits per heavy atom. The van der Waals surface area contributed by atoms with Gasteiger partial charge in [-0.15, -0.1) is 11.3 Å². The minimum absolute atomic E-state index is 0.192. The zero-order valence-corrected chi connectivity index (χ0v) is 11.1. The fraction of sp³-hybridized carbons (Fsp3) is 0.714. The Bertz CT molecular complexity index is 459. The van der Waals surface area contributed by atoms with Gasteiger partial charge in [-0.1, -0.05) is 19.3 Å². The van der Waals surface area contributed by atoms with Gasteiger partial charge in [0.15, 0.2) is 0 Å². The maximum Gasteiger partial charge on any atom is 0.113 e. The number of nitrogens with zero attached hydrogens (tertiary/aromatic N) is 2. The highest BCUT2D eigenvalue weighted by atomic mass is 32.1. The van der Waals surface area contributed by atoms with Crippen LogP contribution in [0.15, 0.2) is 0 Å². The van der Waals surface area contributed by atoms with Crippen LogP contribution in [0.25, 0.3) is 0 Å². The second kappa shape index (κ2) is 4.10. The average molecular weight is 246 g/mol. The molecule has 2 saturated carbocycles. The summed E-state index contributed by atoms with van der Waals surface area (Å²) in [5.41, 5.74) is 1.12. The summed E-state index contributed by atoms with van der Waals surface area (Å²) in [5, 5.41) is 10.3. The van der Waals surface area contributed by atoms with E-state index in [0.717, 1.165) is 17.8 Å². The van der Waals surface area contributed by atoms with Crippen LogP contribution in [0.1, 0.15) is 66.4 Å². The number of nitriles is 1. The molecule has 0 atom stereocenters. The third-order valence-electron chi connectivity index (χ3n) is 4.20. The second-order valence-corrected chi connectivity index (χ2v) is 6.69. The third-order valence-corrected chi connectivity index (χ3v) is 5.39. The Balaban J connectivity index is 1.88. The Morgan fingerprint density at radius 1 is 1.29 bits per heavy atom. The van der Waals surface area contributed by atoms with Crippen LogP contribution in [0.4, 0.5) is 0 Å². The predicted molar refractivity (Wildman–Crippen MR) is 69.2 cm³/mol. The van der Waals surface area contributed by atoms with Gasteiger partial charge >= 0.3 is 0 Å². The summed E-state index contributed by atoms with van der Waals surface area (Å²) in [5.74, 6) is 0.670. The lowest BCUT2D eigenvalue weighted by atomic mass is 9.86. The van der Waals surface area contributed by atoms with Gasteiger partial charge in [0, 0.05) is 10.8 Å². The molecule has 3 heteroatoms. The maximum atomic E-state index is 9.24. The van der Waals surface area contributed by atoms with Crippen molar-refractivity contribution in [3.8, 4) is 6.07 Å². The van der Waals surface area contributed by atoms with E-state index in [0.29, 0.717) is 5.92 Å². The van der Waals surface area contributed by atoms with E-state index in [1.807, 2.05) is 0 Å². The van der Waals surface area contributed by atoms with Crippen LogP contribution in [0.2, 0.25) is 0 Å². The summed E-state index contributed by atoms with van der Waals surface area (Å²) in [4.78, 5) is 6.19. The Kier molecular flexibility index (Phi) is 2.71. The van der Waals surface area contributed by atoms with Crippen molar-refractivity contribution in [2.45, 2.75) is 63.2 Å². The minimum Gasteiger partial charge on any atom is -0.244 e. The molecule has 0 N–H and O–H groups in total. The molecule has 0 aliphatic heterocycles. The molecule has 0 unspecified atom stereocenters. The highest BCUT2D eigenvalue weighted by molar-refractivity contribution is 7.11. The van der Waals surface area contributed by atoms with Crippen molar-refractivity contribution in [1.29, 1.82) is 5.26 Å². The summed E-state index contributed by atoms with van der Waals surface area (Å²) < 4.78 is 0. The van der Waals surface area contributed by atoms with Crippen LogP contribution in [0.3, 0.4) is 0 Å². The molecule has 17 heavy (non-hydrogen) atoms. The van der Waals surface area contributed by atoms with Gasteiger partial charge in [0.1, 0.15) is 10.4 Å². The van der Waals surface area contributed by atoms with E-state index in [9.17, 15) is 5.26 Å². The highest BCUT2D eigenvalue weighted by Gasteiger charge is 2.48. The van der Waals surface area contributed by atoms with E-state index in [1.165, 1.54) is 42.7 Å². The van der Waals surface area contributed by atoms with Crippen molar-refractivity contribution in [2.75, 3.05) is 0 Å². The van der Waals surface area contributed by atoms with Crippen molar-refractivity contribution < 1.29 is 0 Å². The first-order valence-electron chi connectivity index (χ1n) is 6.64. The first-order valence-corrected chi connectivity index (χ1v) is 7.46. The summed E-state index contributed by atoms with van der Waals surface area (Å²) in [6.45, 7) is 2.18. The SMILES string of the molecule is Cc1sc(C2(C#N)CC2)nc1C1CCCCC1. The van der Waals surface area contributed by atoms with Crippen LogP contribution in [-0.4, -0.2) is 4.98 Å². The number of aryl methyl sites for hydroxylation is 1. The Labute approximate surface area is 107 Å². The van der Waals surface area contributed by atoms with E-state index in [2.05, 4.69) is 13.0 Å². The smallest absolute Gasteiger partial charge is 0.113 e. The minimum atomic E-state index is -0.192. The molecule has 90 valence electrons. The lowest BCUT2D eigenvalue weighted by Gasteiger charge is -2.20. The number of rotatable bonds is 2. The van der Waals surface area contributed by atoms with Crippen LogP contribution < -0.4 is 0 Å². The van der Waals surface area contributed by atoms with Gasteiger partial charge in [-0.3, -0.25) is 0 Å². The van der Waals surface area contributed by atoms with Gasteiger partial charge in [-0.25, -0.2) is 4.98 Å². The number of aromatic nitrogens is 1. The monoisotopic (exact) mass is 246 g/mol. The zero-order valence-electron chi connectivity index (χ0n) is 10.3. The molecule has 2 fully saturated rings. The van der Waals surface area contributed by atoms with E-state index in [-0.39, 0.29) is 5.41 Å². The lowest BCUT2D eigenvalue weighted by Crippen LogP contribution is -2.07. The molecule has 1 heterocycles. The summed E-state index contributed by atoms with van der Waals surface area (Å²) in [7, 11) is 0. The molecule has 0 amide bonds. The number of hydrogen-bond acceptors (Lipinski definition) is 3. The van der Waals surface area contributed by atoms with E-state index in [4.69, 9.17) is 4.98 Å². The highest BCUT2D eigenvalue weighted by Crippen LogP contribution is 2.50. The number of thiazole rings is 1. The molecule has 2 nitrogen and oxygen atoms in total. The molecular weight excluding hydrogens is 228 g/mol. The maximum absolute atomic E-state index is 9.24. The Hall–Kier alpha value is -0.880. The second-order valence-electron chi connectivity index (χ2n) is 5.49. The van der Waals surface area contributed by atoms with Gasteiger partial charge in [-0.2, -0.15) is 5.26 Å². The molecule has 1 aromatic rings. The van der Waals surface area contributed by atoms with Crippen molar-refractivity contribution in [3.05, 3.63) is 15.6 Å².